The number of pyridine rings is 1. The van der Waals surface area contributed by atoms with Gasteiger partial charge >= 0.3 is 0 Å². The van der Waals surface area contributed by atoms with Crippen LogP contribution in [-0.4, -0.2) is 15.1 Å². The Morgan fingerprint density at radius 2 is 2.25 bits per heavy atom. The molecule has 16 heavy (non-hydrogen) atoms. The average Bonchev–Trinajstić information content (AvgIpc) is 2.70. The summed E-state index contributed by atoms with van der Waals surface area (Å²) in [4.78, 5) is 18.7. The van der Waals surface area contributed by atoms with Crippen molar-refractivity contribution in [3.05, 3.63) is 34.2 Å². The minimum atomic E-state index is -0.176. The van der Waals surface area contributed by atoms with Crippen LogP contribution in [0.3, 0.4) is 0 Å². The van der Waals surface area contributed by atoms with Crippen molar-refractivity contribution >= 4 is 27.5 Å². The molecule has 0 unspecified atom stereocenters. The summed E-state index contributed by atoms with van der Waals surface area (Å²) in [5, 5.41) is 10.7. The van der Waals surface area contributed by atoms with Crippen molar-refractivity contribution in [2.24, 2.45) is 0 Å². The van der Waals surface area contributed by atoms with Gasteiger partial charge in [-0.1, -0.05) is 0 Å². The first-order chi connectivity index (χ1) is 7.70. The number of aromatic nitrogens is 2. The average molecular weight is 215 g/mol. The minimum Gasteiger partial charge on any atom is -0.397 e. The predicted molar refractivity (Wildman–Crippen MR) is 61.4 cm³/mol. The number of nitrogens with two attached hydrogens (primary N) is 1. The molecule has 0 amide bonds. The summed E-state index contributed by atoms with van der Waals surface area (Å²) in [6.45, 7) is -0.106. The number of nitrogen functional groups attached to an aromatic ring is 1. The number of benzene rings is 1. The molecule has 0 saturated heterocycles. The van der Waals surface area contributed by atoms with Crippen molar-refractivity contribution in [2.45, 2.75) is 6.61 Å². The number of nitrogens with zero attached hydrogens (tertiary/aromatic N) is 1. The second-order valence-corrected chi connectivity index (χ2v) is 3.73. The third kappa shape index (κ3) is 1.03. The van der Waals surface area contributed by atoms with Gasteiger partial charge in [-0.3, -0.25) is 9.78 Å². The fourth-order valence-corrected chi connectivity index (χ4v) is 1.99. The summed E-state index contributed by atoms with van der Waals surface area (Å²) in [6, 6.07) is 3.11. The van der Waals surface area contributed by atoms with E-state index < -0.39 is 0 Å². The van der Waals surface area contributed by atoms with Crippen LogP contribution in [0.1, 0.15) is 5.69 Å². The molecule has 0 fully saturated rings. The van der Waals surface area contributed by atoms with Gasteiger partial charge in [0.1, 0.15) is 5.52 Å². The maximum Gasteiger partial charge on any atom is 0.207 e. The van der Waals surface area contributed by atoms with Crippen LogP contribution < -0.4 is 11.2 Å². The lowest BCUT2D eigenvalue weighted by atomic mass is 10.1. The van der Waals surface area contributed by atoms with Crippen LogP contribution >= 0.6 is 0 Å². The lowest BCUT2D eigenvalue weighted by molar-refractivity contribution is 0.277. The summed E-state index contributed by atoms with van der Waals surface area (Å²) in [7, 11) is 0. The summed E-state index contributed by atoms with van der Waals surface area (Å²) >= 11 is 0. The van der Waals surface area contributed by atoms with Gasteiger partial charge in [0.15, 0.2) is 0 Å². The van der Waals surface area contributed by atoms with Crippen molar-refractivity contribution in [1.29, 1.82) is 0 Å². The number of nitrogens with one attached hydrogen (secondary N) is 1. The van der Waals surface area contributed by atoms with E-state index in [1.807, 2.05) is 0 Å². The molecule has 5 heteroatoms. The Kier molecular flexibility index (Phi) is 1.67. The third-order valence-corrected chi connectivity index (χ3v) is 2.70. The van der Waals surface area contributed by atoms with E-state index >= 15 is 0 Å². The Hall–Kier alpha value is -2.14. The van der Waals surface area contributed by atoms with Gasteiger partial charge in [-0.2, -0.15) is 0 Å². The van der Waals surface area contributed by atoms with E-state index in [1.165, 1.54) is 6.07 Å². The number of hydrogen-bond acceptors (Lipinski definition) is 4. The van der Waals surface area contributed by atoms with Crippen molar-refractivity contribution in [2.75, 3.05) is 5.73 Å². The lowest BCUT2D eigenvalue weighted by Crippen LogP contribution is -2.04. The fourth-order valence-electron chi connectivity index (χ4n) is 1.99. The van der Waals surface area contributed by atoms with Crippen LogP contribution in [0.5, 0.6) is 0 Å². The zero-order chi connectivity index (χ0) is 11.3. The minimum absolute atomic E-state index is 0.106. The predicted octanol–water partition coefficient (Wildman–Crippen LogP) is 0.589. The molecule has 80 valence electrons. The number of H-pyrrole nitrogens is 1. The molecule has 0 spiro atoms. The third-order valence-electron chi connectivity index (χ3n) is 2.70. The lowest BCUT2D eigenvalue weighted by Gasteiger charge is -2.04. The SMILES string of the molecule is Nc1cc(=O)c2ncc3cc(CO)[nH]c1c32. The molecule has 0 aliphatic carbocycles. The molecule has 2 heterocycles. The first kappa shape index (κ1) is 9.11. The zero-order valence-corrected chi connectivity index (χ0v) is 8.32. The van der Waals surface area contributed by atoms with Gasteiger partial charge in [0.05, 0.1) is 17.8 Å². The van der Waals surface area contributed by atoms with E-state index in [0.717, 1.165) is 10.8 Å². The molecule has 1 aromatic carbocycles. The highest BCUT2D eigenvalue weighted by atomic mass is 16.3. The van der Waals surface area contributed by atoms with Crippen LogP contribution in [0, 0.1) is 0 Å². The van der Waals surface area contributed by atoms with E-state index in [4.69, 9.17) is 10.8 Å². The molecule has 5 nitrogen and oxygen atoms in total. The van der Waals surface area contributed by atoms with Gasteiger partial charge in [0, 0.05) is 28.7 Å². The van der Waals surface area contributed by atoms with Crippen molar-refractivity contribution in [3.8, 4) is 0 Å². The quantitative estimate of drug-likeness (QED) is 0.518. The highest BCUT2D eigenvalue weighted by molar-refractivity contribution is 6.11. The second kappa shape index (κ2) is 2.93. The second-order valence-electron chi connectivity index (χ2n) is 3.73. The molecule has 0 aliphatic rings. The molecule has 0 saturated carbocycles. The molecule has 0 bridgehead atoms. The monoisotopic (exact) mass is 215 g/mol. The molecule has 2 aromatic heterocycles. The van der Waals surface area contributed by atoms with Gasteiger partial charge < -0.3 is 15.8 Å². The van der Waals surface area contributed by atoms with E-state index in [9.17, 15) is 4.79 Å². The van der Waals surface area contributed by atoms with Gasteiger partial charge in [0.25, 0.3) is 0 Å². The van der Waals surface area contributed by atoms with Crippen LogP contribution in [0.25, 0.3) is 21.8 Å². The number of aromatic amines is 1. The molecule has 3 aromatic rings. The highest BCUT2D eigenvalue weighted by Gasteiger charge is 2.12. The molecular weight excluding hydrogens is 206 g/mol. The Labute approximate surface area is 89.9 Å². The maximum absolute atomic E-state index is 11.6. The van der Waals surface area contributed by atoms with Crippen molar-refractivity contribution in [1.82, 2.24) is 9.97 Å². The Morgan fingerprint density at radius 3 is 3.00 bits per heavy atom. The molecular formula is C11H9N3O2. The standard InChI is InChI=1S/C11H9N3O2/c12-7-2-8(16)11-9-5(3-13-11)1-6(4-15)14-10(7)9/h1-3,14-15H,4,12H2. The van der Waals surface area contributed by atoms with Crippen molar-refractivity contribution < 1.29 is 5.11 Å². The van der Waals surface area contributed by atoms with Crippen LogP contribution in [0.15, 0.2) is 23.1 Å². The van der Waals surface area contributed by atoms with E-state index in [-0.39, 0.29) is 12.0 Å². The Balaban J connectivity index is 2.63. The molecule has 0 radical (unpaired) electrons. The number of aliphatic hydroxyl groups excluding tert-OH is 1. The fraction of sp³-hybridized carbons (Fsp3) is 0.0909. The van der Waals surface area contributed by atoms with Gasteiger partial charge in [-0.15, -0.1) is 0 Å². The number of hydrogen-bond donors (Lipinski definition) is 3. The largest absolute Gasteiger partial charge is 0.397 e. The first-order valence-electron chi connectivity index (χ1n) is 4.84. The zero-order valence-electron chi connectivity index (χ0n) is 8.32. The normalized spacial score (nSPS) is 11.6. The van der Waals surface area contributed by atoms with E-state index in [1.54, 1.807) is 12.3 Å². The van der Waals surface area contributed by atoms with Gasteiger partial charge in [-0.25, -0.2) is 0 Å². The maximum atomic E-state index is 11.6. The number of anilines is 1. The van der Waals surface area contributed by atoms with Crippen LogP contribution in [0.4, 0.5) is 5.69 Å². The van der Waals surface area contributed by atoms with E-state index in [0.29, 0.717) is 22.4 Å². The van der Waals surface area contributed by atoms with Crippen LogP contribution in [0.2, 0.25) is 0 Å². The molecule has 0 aliphatic heterocycles. The van der Waals surface area contributed by atoms with E-state index in [2.05, 4.69) is 9.97 Å². The Morgan fingerprint density at radius 1 is 1.44 bits per heavy atom. The summed E-state index contributed by atoms with van der Waals surface area (Å²) in [5.74, 6) is 0. The number of aliphatic hydroxyl groups is 1. The topological polar surface area (TPSA) is 92.0 Å². The highest BCUT2D eigenvalue weighted by Crippen LogP contribution is 2.27. The van der Waals surface area contributed by atoms with Gasteiger partial charge in [0.2, 0.25) is 5.43 Å². The smallest absolute Gasteiger partial charge is 0.207 e. The Bertz CT molecular complexity index is 733. The van der Waals surface area contributed by atoms with Crippen molar-refractivity contribution in [3.63, 3.8) is 0 Å². The molecule has 0 atom stereocenters. The summed E-state index contributed by atoms with van der Waals surface area (Å²) in [6.07, 6.45) is 1.62. The summed E-state index contributed by atoms with van der Waals surface area (Å²) < 4.78 is 0. The molecule has 3 rings (SSSR count). The molecule has 4 N–H and O–H groups in total. The number of rotatable bonds is 1. The summed E-state index contributed by atoms with van der Waals surface area (Å²) in [5.41, 5.74) is 7.71. The first-order valence-corrected chi connectivity index (χ1v) is 4.84. The van der Waals surface area contributed by atoms with Crippen LogP contribution in [-0.2, 0) is 6.61 Å². The van der Waals surface area contributed by atoms with Gasteiger partial charge in [-0.05, 0) is 6.07 Å².